The van der Waals surface area contributed by atoms with Crippen molar-refractivity contribution >= 4 is 28.1 Å². The maximum atomic E-state index is 11.1. The van der Waals surface area contributed by atoms with Gasteiger partial charge in [-0.05, 0) is 25.0 Å². The van der Waals surface area contributed by atoms with Crippen molar-refractivity contribution in [3.8, 4) is 0 Å². The molecule has 0 amide bonds. The Balaban J connectivity index is 2.16. The van der Waals surface area contributed by atoms with Gasteiger partial charge in [0.15, 0.2) is 0 Å². The highest BCUT2D eigenvalue weighted by atomic mass is 16.6. The van der Waals surface area contributed by atoms with Crippen molar-refractivity contribution < 1.29 is 14.8 Å². The lowest BCUT2D eigenvalue weighted by atomic mass is 10.1. The first-order valence-corrected chi connectivity index (χ1v) is 6.57. The average molecular weight is 287 g/mol. The molecule has 7 heteroatoms. The predicted octanol–water partition coefficient (Wildman–Crippen LogP) is 2.20. The minimum Gasteiger partial charge on any atom is -0.480 e. The molecule has 1 aliphatic carbocycles. The summed E-state index contributed by atoms with van der Waals surface area (Å²) < 4.78 is 0. The third-order valence-electron chi connectivity index (χ3n) is 3.57. The minimum absolute atomic E-state index is 0.00206. The molecule has 3 rings (SSSR count). The Labute approximate surface area is 120 Å². The fraction of sp³-hybridized carbons (Fsp3) is 0.286. The van der Waals surface area contributed by atoms with E-state index in [1.54, 1.807) is 23.2 Å². The number of hydrogen-bond acceptors (Lipinski definition) is 5. The highest BCUT2D eigenvalue weighted by Crippen LogP contribution is 2.38. The molecular weight excluding hydrogens is 274 g/mol. The molecule has 0 saturated heterocycles. The summed E-state index contributed by atoms with van der Waals surface area (Å²) in [7, 11) is 0. The topological polar surface area (TPSA) is 96.6 Å². The number of pyridine rings is 1. The number of non-ortho nitro benzene ring substituents is 1. The largest absolute Gasteiger partial charge is 0.480 e. The van der Waals surface area contributed by atoms with Crippen LogP contribution in [0.3, 0.4) is 0 Å². The van der Waals surface area contributed by atoms with Gasteiger partial charge in [-0.25, -0.2) is 0 Å². The molecule has 7 nitrogen and oxygen atoms in total. The number of hydrogen-bond donors (Lipinski definition) is 1. The predicted molar refractivity (Wildman–Crippen MR) is 76.4 cm³/mol. The number of carbonyl (C=O) groups is 1. The fourth-order valence-corrected chi connectivity index (χ4v) is 2.51. The third kappa shape index (κ3) is 2.49. The molecule has 0 spiro atoms. The lowest BCUT2D eigenvalue weighted by Crippen LogP contribution is -2.31. The second-order valence-corrected chi connectivity index (χ2v) is 5.03. The van der Waals surface area contributed by atoms with Crippen molar-refractivity contribution in [3.63, 3.8) is 0 Å². The Morgan fingerprint density at radius 2 is 2.14 bits per heavy atom. The number of fused-ring (bicyclic) bond motifs is 1. The molecule has 1 fully saturated rings. The summed E-state index contributed by atoms with van der Waals surface area (Å²) in [5, 5.41) is 21.3. The molecule has 1 saturated carbocycles. The van der Waals surface area contributed by atoms with Crippen LogP contribution in [0.5, 0.6) is 0 Å². The van der Waals surface area contributed by atoms with E-state index in [9.17, 15) is 14.9 Å². The van der Waals surface area contributed by atoms with E-state index in [1.807, 2.05) is 0 Å². The summed E-state index contributed by atoms with van der Waals surface area (Å²) in [4.78, 5) is 27.5. The van der Waals surface area contributed by atoms with E-state index in [-0.39, 0.29) is 18.3 Å². The Morgan fingerprint density at radius 3 is 2.76 bits per heavy atom. The van der Waals surface area contributed by atoms with Crippen LogP contribution in [0, 0.1) is 10.1 Å². The van der Waals surface area contributed by atoms with E-state index in [1.165, 1.54) is 12.3 Å². The van der Waals surface area contributed by atoms with E-state index < -0.39 is 10.9 Å². The van der Waals surface area contributed by atoms with Crippen LogP contribution in [0.1, 0.15) is 12.8 Å². The number of nitrogens with zero attached hydrogens (tertiary/aromatic N) is 3. The van der Waals surface area contributed by atoms with Gasteiger partial charge in [0.05, 0.1) is 10.3 Å². The molecule has 0 unspecified atom stereocenters. The summed E-state index contributed by atoms with van der Waals surface area (Å²) in [5.41, 5.74) is 0.691. The molecular formula is C14H13N3O4. The van der Waals surface area contributed by atoms with Crippen LogP contribution in [0.2, 0.25) is 0 Å². The lowest BCUT2D eigenvalue weighted by Gasteiger charge is -2.24. The van der Waals surface area contributed by atoms with Crippen molar-refractivity contribution in [2.75, 3.05) is 11.4 Å². The number of rotatable bonds is 5. The standard InChI is InChI=1S/C14H13N3O4/c18-14(19)8-16(9-1-2-9)12-3-4-13(17(20)21)10-5-6-15-7-11(10)12/h3-7,9H,1-2,8H2,(H,18,19). The van der Waals surface area contributed by atoms with Gasteiger partial charge in [0, 0.05) is 35.6 Å². The zero-order valence-electron chi connectivity index (χ0n) is 11.1. The van der Waals surface area contributed by atoms with E-state index >= 15 is 0 Å². The van der Waals surface area contributed by atoms with Crippen LogP contribution in [0.25, 0.3) is 10.8 Å². The van der Waals surface area contributed by atoms with Gasteiger partial charge in [-0.2, -0.15) is 0 Å². The molecule has 21 heavy (non-hydrogen) atoms. The van der Waals surface area contributed by atoms with Crippen LogP contribution in [-0.4, -0.2) is 33.6 Å². The maximum Gasteiger partial charge on any atom is 0.323 e. The minimum atomic E-state index is -0.919. The number of benzene rings is 1. The van der Waals surface area contributed by atoms with Gasteiger partial charge in [0.2, 0.25) is 0 Å². The van der Waals surface area contributed by atoms with Crippen molar-refractivity contribution in [1.82, 2.24) is 4.98 Å². The van der Waals surface area contributed by atoms with Crippen molar-refractivity contribution in [1.29, 1.82) is 0 Å². The molecule has 0 bridgehead atoms. The highest BCUT2D eigenvalue weighted by Gasteiger charge is 2.32. The van der Waals surface area contributed by atoms with E-state index in [0.29, 0.717) is 16.5 Å². The maximum absolute atomic E-state index is 11.1. The molecule has 0 atom stereocenters. The van der Waals surface area contributed by atoms with Gasteiger partial charge >= 0.3 is 5.97 Å². The molecule has 1 aromatic carbocycles. The van der Waals surface area contributed by atoms with Crippen LogP contribution in [-0.2, 0) is 4.79 Å². The SMILES string of the molecule is O=C(O)CN(c1ccc([N+](=O)[O-])c2ccncc12)C1CC1. The monoisotopic (exact) mass is 287 g/mol. The number of nitro groups is 1. The highest BCUT2D eigenvalue weighted by molar-refractivity contribution is 6.00. The van der Waals surface area contributed by atoms with Crippen LogP contribution >= 0.6 is 0 Å². The molecule has 1 aliphatic rings. The van der Waals surface area contributed by atoms with E-state index in [2.05, 4.69) is 4.98 Å². The van der Waals surface area contributed by atoms with Gasteiger partial charge in [-0.15, -0.1) is 0 Å². The summed E-state index contributed by atoms with van der Waals surface area (Å²) in [6, 6.07) is 4.81. The molecule has 1 N–H and O–H groups in total. The quantitative estimate of drug-likeness (QED) is 0.669. The zero-order valence-corrected chi connectivity index (χ0v) is 11.1. The summed E-state index contributed by atoms with van der Waals surface area (Å²) >= 11 is 0. The first-order valence-electron chi connectivity index (χ1n) is 6.57. The number of carboxylic acid groups (broad SMARTS) is 1. The van der Waals surface area contributed by atoms with Gasteiger partial charge in [0.1, 0.15) is 6.54 Å². The van der Waals surface area contributed by atoms with E-state index in [0.717, 1.165) is 12.8 Å². The zero-order chi connectivity index (χ0) is 15.0. The van der Waals surface area contributed by atoms with Gasteiger partial charge in [0.25, 0.3) is 5.69 Å². The first-order chi connectivity index (χ1) is 10.1. The average Bonchev–Trinajstić information content (AvgIpc) is 3.28. The summed E-state index contributed by atoms with van der Waals surface area (Å²) in [6.07, 6.45) is 4.92. The Bertz CT molecular complexity index is 727. The number of nitro benzene ring substituents is 1. The second-order valence-electron chi connectivity index (χ2n) is 5.03. The Morgan fingerprint density at radius 1 is 1.38 bits per heavy atom. The van der Waals surface area contributed by atoms with E-state index in [4.69, 9.17) is 5.11 Å². The van der Waals surface area contributed by atoms with Gasteiger partial charge in [-0.3, -0.25) is 19.9 Å². The van der Waals surface area contributed by atoms with Gasteiger partial charge in [-0.1, -0.05) is 0 Å². The number of aliphatic carboxylic acids is 1. The smallest absolute Gasteiger partial charge is 0.323 e. The third-order valence-corrected chi connectivity index (χ3v) is 3.57. The molecule has 1 aromatic heterocycles. The van der Waals surface area contributed by atoms with Crippen molar-refractivity contribution in [2.45, 2.75) is 18.9 Å². The van der Waals surface area contributed by atoms with Crippen LogP contribution in [0.4, 0.5) is 11.4 Å². The van der Waals surface area contributed by atoms with Crippen LogP contribution < -0.4 is 4.90 Å². The molecule has 2 aromatic rings. The summed E-state index contributed by atoms with van der Waals surface area (Å²) in [5.74, 6) is -0.919. The molecule has 0 aliphatic heterocycles. The Hall–Kier alpha value is -2.70. The first kappa shape index (κ1) is 13.3. The lowest BCUT2D eigenvalue weighted by molar-refractivity contribution is -0.383. The number of aromatic nitrogens is 1. The summed E-state index contributed by atoms with van der Waals surface area (Å²) in [6.45, 7) is -0.119. The van der Waals surface area contributed by atoms with Crippen molar-refractivity contribution in [2.24, 2.45) is 0 Å². The molecule has 0 radical (unpaired) electrons. The van der Waals surface area contributed by atoms with Gasteiger partial charge < -0.3 is 10.0 Å². The molecule has 108 valence electrons. The van der Waals surface area contributed by atoms with Crippen LogP contribution in [0.15, 0.2) is 30.6 Å². The van der Waals surface area contributed by atoms with Crippen molar-refractivity contribution in [3.05, 3.63) is 40.7 Å². The number of anilines is 1. The Kier molecular flexibility index (Phi) is 3.17. The fourth-order valence-electron chi connectivity index (χ4n) is 2.51. The second kappa shape index (κ2) is 5.01. The molecule has 1 heterocycles. The number of carboxylic acids is 1. The normalized spacial score (nSPS) is 14.1.